The van der Waals surface area contributed by atoms with Crippen molar-refractivity contribution < 1.29 is 10.6 Å². The molecule has 6 nitrogen and oxygen atoms in total. The van der Waals surface area contributed by atoms with E-state index >= 15 is 0 Å². The number of aryl methyl sites for hydroxylation is 1. The summed E-state index contributed by atoms with van der Waals surface area (Å²) in [6.07, 6.45) is 3.24. The molecule has 1 aromatic heterocycles. The molecule has 7 heteroatoms. The molecule has 0 saturated carbocycles. The van der Waals surface area contributed by atoms with E-state index in [4.69, 9.17) is 11.6 Å². The number of fused-ring (bicyclic) bond motifs is 3. The Morgan fingerprint density at radius 1 is 1.05 bits per heavy atom. The minimum Gasteiger partial charge on any atom is -0.492 e. The van der Waals surface area contributed by atoms with E-state index in [1.807, 2.05) is 18.2 Å². The van der Waals surface area contributed by atoms with Gasteiger partial charge in [0, 0.05) is 0 Å². The van der Waals surface area contributed by atoms with E-state index in [-0.39, 0.29) is 11.4 Å². The molecule has 113 valence electrons. The van der Waals surface area contributed by atoms with Crippen molar-refractivity contribution in [3.05, 3.63) is 64.9 Å². The van der Waals surface area contributed by atoms with Gasteiger partial charge in [0.2, 0.25) is 5.88 Å². The van der Waals surface area contributed by atoms with E-state index < -0.39 is 0 Å². The third-order valence-corrected chi connectivity index (χ3v) is 3.92. The Hall–Kier alpha value is -2.28. The number of halogens is 1. The summed E-state index contributed by atoms with van der Waals surface area (Å²) in [4.78, 5) is 4.03. The average Bonchev–Trinajstić information content (AvgIpc) is 2.86. The topological polar surface area (TPSA) is 85.2 Å². The van der Waals surface area contributed by atoms with Crippen LogP contribution in [0.25, 0.3) is 0 Å². The summed E-state index contributed by atoms with van der Waals surface area (Å²) < 4.78 is 0. The van der Waals surface area contributed by atoms with Crippen molar-refractivity contribution in [2.24, 2.45) is 0 Å². The molecule has 2 aromatic rings. The SMILES string of the molecule is O.OC1=C2CCc3ccccc3N2[N]N1c1ccc(Cl)nc1. The predicted octanol–water partition coefficient (Wildman–Crippen LogP) is 2.34. The number of aliphatic hydroxyl groups is 1. The molecule has 2 aliphatic heterocycles. The fraction of sp³-hybridized carbons (Fsp3) is 0.133. The zero-order valence-electron chi connectivity index (χ0n) is 11.6. The lowest BCUT2D eigenvalue weighted by Crippen LogP contribution is -2.36. The molecule has 0 atom stereocenters. The largest absolute Gasteiger partial charge is 0.492 e. The Morgan fingerprint density at radius 2 is 1.86 bits per heavy atom. The first-order valence-electron chi connectivity index (χ1n) is 6.67. The highest BCUT2D eigenvalue weighted by Gasteiger charge is 2.36. The lowest BCUT2D eigenvalue weighted by Gasteiger charge is -2.27. The van der Waals surface area contributed by atoms with Crippen molar-refractivity contribution in [2.45, 2.75) is 12.8 Å². The molecule has 0 spiro atoms. The number of rotatable bonds is 1. The zero-order valence-corrected chi connectivity index (χ0v) is 12.3. The molecule has 2 aliphatic rings. The molecule has 0 aliphatic carbocycles. The smallest absolute Gasteiger partial charge is 0.231 e. The Labute approximate surface area is 132 Å². The summed E-state index contributed by atoms with van der Waals surface area (Å²) in [7, 11) is 0. The summed E-state index contributed by atoms with van der Waals surface area (Å²) in [5, 5.41) is 14.1. The number of nitrogens with zero attached hydrogens (tertiary/aromatic N) is 4. The molecule has 3 heterocycles. The van der Waals surface area contributed by atoms with Crippen LogP contribution in [-0.4, -0.2) is 15.6 Å². The van der Waals surface area contributed by atoms with Gasteiger partial charge in [-0.25, -0.2) is 15.0 Å². The lowest BCUT2D eigenvalue weighted by atomic mass is 10.0. The number of hydrogen-bond acceptors (Lipinski definition) is 4. The number of hydrogen-bond donors (Lipinski definition) is 1. The second-order valence-electron chi connectivity index (χ2n) is 4.95. The van der Waals surface area contributed by atoms with Gasteiger partial charge in [0.25, 0.3) is 0 Å². The molecule has 1 radical (unpaired) electrons. The van der Waals surface area contributed by atoms with E-state index in [0.717, 1.165) is 24.2 Å². The van der Waals surface area contributed by atoms with Gasteiger partial charge in [0.15, 0.2) is 0 Å². The molecular weight excluding hydrogens is 304 g/mol. The van der Waals surface area contributed by atoms with Gasteiger partial charge in [-0.3, -0.25) is 0 Å². The molecule has 0 fully saturated rings. The van der Waals surface area contributed by atoms with Crippen LogP contribution in [0.2, 0.25) is 5.15 Å². The fourth-order valence-electron chi connectivity index (χ4n) is 2.66. The van der Waals surface area contributed by atoms with E-state index in [0.29, 0.717) is 10.8 Å². The van der Waals surface area contributed by atoms with E-state index in [2.05, 4.69) is 16.6 Å². The third kappa shape index (κ3) is 2.18. The Kier molecular flexibility index (Phi) is 3.66. The Morgan fingerprint density at radius 3 is 2.64 bits per heavy atom. The Balaban J connectivity index is 0.00000144. The van der Waals surface area contributed by atoms with Gasteiger partial charge in [0.1, 0.15) is 10.9 Å². The van der Waals surface area contributed by atoms with Gasteiger partial charge >= 0.3 is 0 Å². The molecule has 0 amide bonds. The molecule has 3 N–H and O–H groups in total. The predicted molar refractivity (Wildman–Crippen MR) is 84.4 cm³/mol. The molecule has 0 bridgehead atoms. The first-order chi connectivity index (χ1) is 10.2. The van der Waals surface area contributed by atoms with Crippen LogP contribution >= 0.6 is 11.6 Å². The molecule has 22 heavy (non-hydrogen) atoms. The molecular formula is C15H14ClN4O2. The molecule has 0 unspecified atom stereocenters. The van der Waals surface area contributed by atoms with E-state index in [1.54, 1.807) is 23.3 Å². The molecule has 4 rings (SSSR count). The van der Waals surface area contributed by atoms with Crippen LogP contribution in [0, 0.1) is 0 Å². The van der Waals surface area contributed by atoms with E-state index in [1.165, 1.54) is 10.6 Å². The minimum absolute atomic E-state index is 0. The number of aromatic nitrogens is 1. The van der Waals surface area contributed by atoms with Crippen LogP contribution in [-0.2, 0) is 6.42 Å². The maximum atomic E-state index is 10.4. The minimum atomic E-state index is 0. The first kappa shape index (κ1) is 14.6. The second-order valence-corrected chi connectivity index (χ2v) is 5.34. The fourth-order valence-corrected chi connectivity index (χ4v) is 2.77. The number of para-hydroxylation sites is 1. The van der Waals surface area contributed by atoms with Gasteiger partial charge in [0.05, 0.1) is 17.6 Å². The summed E-state index contributed by atoms with van der Waals surface area (Å²) in [6.45, 7) is 0. The number of anilines is 2. The standard InChI is InChI=1S/C15H12ClN4O.H2O/c16-14-8-6-11(9-17-14)19-15(21)13-7-5-10-3-1-2-4-12(10)20(13)18-19;/h1-4,6,8-9,21H,5,7H2;1H2. The van der Waals surface area contributed by atoms with Crippen molar-refractivity contribution in [1.29, 1.82) is 0 Å². The maximum Gasteiger partial charge on any atom is 0.231 e. The highest BCUT2D eigenvalue weighted by Crippen LogP contribution is 2.38. The van der Waals surface area contributed by atoms with Crippen LogP contribution < -0.4 is 15.6 Å². The first-order valence-corrected chi connectivity index (χ1v) is 7.05. The van der Waals surface area contributed by atoms with Crippen molar-refractivity contribution in [1.82, 2.24) is 10.5 Å². The number of benzene rings is 1. The summed E-state index contributed by atoms with van der Waals surface area (Å²) in [6, 6.07) is 11.5. The highest BCUT2D eigenvalue weighted by molar-refractivity contribution is 6.29. The van der Waals surface area contributed by atoms with Gasteiger partial charge in [-0.15, -0.1) is 0 Å². The normalized spacial score (nSPS) is 16.2. The second kappa shape index (κ2) is 5.49. The van der Waals surface area contributed by atoms with Gasteiger partial charge < -0.3 is 10.6 Å². The third-order valence-electron chi connectivity index (χ3n) is 3.70. The highest BCUT2D eigenvalue weighted by atomic mass is 35.5. The van der Waals surface area contributed by atoms with Gasteiger partial charge in [-0.2, -0.15) is 0 Å². The van der Waals surface area contributed by atoms with Crippen molar-refractivity contribution in [3.8, 4) is 0 Å². The maximum absolute atomic E-state index is 10.4. The van der Waals surface area contributed by atoms with Gasteiger partial charge in [-0.05, 0) is 42.1 Å². The van der Waals surface area contributed by atoms with Gasteiger partial charge in [-0.1, -0.05) is 29.8 Å². The molecule has 1 aromatic carbocycles. The van der Waals surface area contributed by atoms with Crippen molar-refractivity contribution in [2.75, 3.05) is 10.0 Å². The van der Waals surface area contributed by atoms with E-state index in [9.17, 15) is 5.11 Å². The van der Waals surface area contributed by atoms with Crippen molar-refractivity contribution in [3.63, 3.8) is 0 Å². The van der Waals surface area contributed by atoms with Crippen LogP contribution in [0.5, 0.6) is 0 Å². The van der Waals surface area contributed by atoms with Crippen molar-refractivity contribution >= 4 is 23.0 Å². The average molecular weight is 318 g/mol. The van der Waals surface area contributed by atoms with Crippen LogP contribution in [0.4, 0.5) is 11.4 Å². The monoisotopic (exact) mass is 317 g/mol. The lowest BCUT2D eigenvalue weighted by molar-refractivity contribution is 0.385. The van der Waals surface area contributed by atoms with Crippen LogP contribution in [0.1, 0.15) is 12.0 Å². The number of aliphatic hydroxyl groups excluding tert-OH is 1. The molecule has 0 saturated heterocycles. The Bertz CT molecular complexity index is 733. The summed E-state index contributed by atoms with van der Waals surface area (Å²) in [5.41, 5.74) is 8.22. The summed E-state index contributed by atoms with van der Waals surface area (Å²) in [5.74, 6) is 0.147. The quantitative estimate of drug-likeness (QED) is 0.818. The number of allylic oxidation sites excluding steroid dienone is 1. The summed E-state index contributed by atoms with van der Waals surface area (Å²) >= 11 is 5.80. The van der Waals surface area contributed by atoms with Crippen LogP contribution in [0.15, 0.2) is 54.2 Å². The number of pyridine rings is 1. The van der Waals surface area contributed by atoms with Crippen LogP contribution in [0.3, 0.4) is 0 Å². The zero-order chi connectivity index (χ0) is 14.4.